The number of benzene rings is 2. The molecule has 0 saturated carbocycles. The van der Waals surface area contributed by atoms with Gasteiger partial charge in [-0.3, -0.25) is 9.78 Å². The lowest BCUT2D eigenvalue weighted by Crippen LogP contribution is -2.13. The number of nitrogens with one attached hydrogen (secondary N) is 1. The zero-order valence-electron chi connectivity index (χ0n) is 15.5. The van der Waals surface area contributed by atoms with Crippen molar-refractivity contribution in [3.63, 3.8) is 0 Å². The van der Waals surface area contributed by atoms with Crippen LogP contribution in [0.5, 0.6) is 11.5 Å². The predicted molar refractivity (Wildman–Crippen MR) is 107 cm³/mol. The van der Waals surface area contributed by atoms with Crippen LogP contribution in [0.25, 0.3) is 5.69 Å². The Balaban J connectivity index is 1.46. The summed E-state index contributed by atoms with van der Waals surface area (Å²) in [4.78, 5) is 16.5. The summed E-state index contributed by atoms with van der Waals surface area (Å²) in [5.41, 5.74) is 2.42. The van der Waals surface area contributed by atoms with Crippen molar-refractivity contribution in [3.8, 4) is 17.2 Å². The molecule has 2 heterocycles. The second-order valence-electron chi connectivity index (χ2n) is 6.34. The van der Waals surface area contributed by atoms with E-state index in [9.17, 15) is 9.18 Å². The van der Waals surface area contributed by atoms with E-state index < -0.39 is 0 Å². The number of rotatable bonds is 5. The number of hydrogen-bond acceptors (Lipinski definition) is 4. The lowest BCUT2D eigenvalue weighted by atomic mass is 10.2. The van der Waals surface area contributed by atoms with Crippen LogP contribution in [0.1, 0.15) is 16.1 Å². The third-order valence-electron chi connectivity index (χ3n) is 4.22. The number of carbonyl (C=O) groups is 1. The first-order chi connectivity index (χ1) is 14.1. The van der Waals surface area contributed by atoms with Crippen LogP contribution in [0, 0.1) is 12.7 Å². The van der Waals surface area contributed by atoms with Crippen molar-refractivity contribution < 1.29 is 13.9 Å². The van der Waals surface area contributed by atoms with Gasteiger partial charge in [0.15, 0.2) is 5.69 Å². The molecule has 0 saturated heterocycles. The molecule has 144 valence electrons. The van der Waals surface area contributed by atoms with Crippen molar-refractivity contribution in [3.05, 3.63) is 96.3 Å². The summed E-state index contributed by atoms with van der Waals surface area (Å²) in [5, 5.41) is 7.08. The SMILES string of the molecule is Cc1cc(NC(=O)c2ccn(-c3ccc(F)cc3)n2)ccc1Oc1ccncc1. The highest BCUT2D eigenvalue weighted by Crippen LogP contribution is 2.27. The molecule has 2 aromatic carbocycles. The van der Waals surface area contributed by atoms with Crippen molar-refractivity contribution >= 4 is 11.6 Å². The molecule has 4 aromatic rings. The van der Waals surface area contributed by atoms with Crippen molar-refractivity contribution in [2.75, 3.05) is 5.32 Å². The zero-order chi connectivity index (χ0) is 20.2. The van der Waals surface area contributed by atoms with E-state index in [1.54, 1.807) is 61.1 Å². The predicted octanol–water partition coefficient (Wildman–Crippen LogP) is 4.76. The molecule has 0 aliphatic rings. The van der Waals surface area contributed by atoms with Gasteiger partial charge in [0.2, 0.25) is 0 Å². The number of halogens is 1. The Labute approximate surface area is 166 Å². The summed E-state index contributed by atoms with van der Waals surface area (Å²) in [6.45, 7) is 1.90. The van der Waals surface area contributed by atoms with Crippen LogP contribution in [0.15, 0.2) is 79.3 Å². The molecular weight excluding hydrogens is 371 g/mol. The van der Waals surface area contributed by atoms with E-state index >= 15 is 0 Å². The maximum atomic E-state index is 13.1. The second kappa shape index (κ2) is 7.93. The fourth-order valence-electron chi connectivity index (χ4n) is 2.75. The van der Waals surface area contributed by atoms with E-state index in [1.807, 2.05) is 13.0 Å². The van der Waals surface area contributed by atoms with Crippen molar-refractivity contribution in [2.45, 2.75) is 6.92 Å². The number of nitrogens with zero attached hydrogens (tertiary/aromatic N) is 3. The van der Waals surface area contributed by atoms with Crippen LogP contribution in [-0.4, -0.2) is 20.7 Å². The average Bonchev–Trinajstić information content (AvgIpc) is 3.22. The molecule has 0 radical (unpaired) electrons. The summed E-state index contributed by atoms with van der Waals surface area (Å²) in [5.74, 6) is 0.708. The van der Waals surface area contributed by atoms with Crippen molar-refractivity contribution in [2.24, 2.45) is 0 Å². The zero-order valence-corrected chi connectivity index (χ0v) is 15.5. The number of ether oxygens (including phenoxy) is 1. The fraction of sp³-hybridized carbons (Fsp3) is 0.0455. The number of hydrogen-bond donors (Lipinski definition) is 1. The van der Waals surface area contributed by atoms with E-state index in [0.717, 1.165) is 5.56 Å². The number of aromatic nitrogens is 3. The highest BCUT2D eigenvalue weighted by molar-refractivity contribution is 6.02. The number of pyridine rings is 1. The monoisotopic (exact) mass is 388 g/mol. The first-order valence-corrected chi connectivity index (χ1v) is 8.90. The molecule has 1 N–H and O–H groups in total. The third kappa shape index (κ3) is 4.30. The number of amides is 1. The summed E-state index contributed by atoms with van der Waals surface area (Å²) < 4.78 is 20.4. The smallest absolute Gasteiger partial charge is 0.276 e. The van der Waals surface area contributed by atoms with E-state index in [0.29, 0.717) is 22.9 Å². The van der Waals surface area contributed by atoms with Crippen molar-refractivity contribution in [1.82, 2.24) is 14.8 Å². The molecule has 29 heavy (non-hydrogen) atoms. The quantitative estimate of drug-likeness (QED) is 0.535. The summed E-state index contributed by atoms with van der Waals surface area (Å²) in [6, 6.07) is 16.4. The first-order valence-electron chi connectivity index (χ1n) is 8.90. The Bertz CT molecular complexity index is 1140. The topological polar surface area (TPSA) is 69.0 Å². The lowest BCUT2D eigenvalue weighted by Gasteiger charge is -2.10. The Kier molecular flexibility index (Phi) is 5.03. The Morgan fingerprint density at radius 2 is 1.79 bits per heavy atom. The summed E-state index contributed by atoms with van der Waals surface area (Å²) in [6.07, 6.45) is 4.97. The van der Waals surface area contributed by atoms with E-state index in [-0.39, 0.29) is 17.4 Å². The third-order valence-corrected chi connectivity index (χ3v) is 4.22. The molecule has 2 aromatic heterocycles. The molecular formula is C22H17FN4O2. The van der Waals surface area contributed by atoms with Crippen LogP contribution >= 0.6 is 0 Å². The van der Waals surface area contributed by atoms with Gasteiger partial charge < -0.3 is 10.1 Å². The molecule has 0 aliphatic carbocycles. The van der Waals surface area contributed by atoms with Gasteiger partial charge in [0.05, 0.1) is 5.69 Å². The molecule has 6 nitrogen and oxygen atoms in total. The average molecular weight is 388 g/mol. The normalized spacial score (nSPS) is 10.6. The first kappa shape index (κ1) is 18.4. The van der Waals surface area contributed by atoms with Gasteiger partial charge in [0.25, 0.3) is 5.91 Å². The molecule has 0 unspecified atom stereocenters. The summed E-state index contributed by atoms with van der Waals surface area (Å²) >= 11 is 0. The van der Waals surface area contributed by atoms with E-state index in [2.05, 4.69) is 15.4 Å². The Hall–Kier alpha value is -4.00. The molecule has 0 fully saturated rings. The van der Waals surface area contributed by atoms with Gasteiger partial charge in [-0.1, -0.05) is 0 Å². The summed E-state index contributed by atoms with van der Waals surface area (Å²) in [7, 11) is 0. The van der Waals surface area contributed by atoms with Crippen LogP contribution < -0.4 is 10.1 Å². The van der Waals surface area contributed by atoms with Gasteiger partial charge in [0, 0.05) is 24.3 Å². The van der Waals surface area contributed by atoms with Gasteiger partial charge in [0.1, 0.15) is 17.3 Å². The minimum atomic E-state index is -0.340. The van der Waals surface area contributed by atoms with Gasteiger partial charge in [-0.15, -0.1) is 0 Å². The maximum Gasteiger partial charge on any atom is 0.276 e. The van der Waals surface area contributed by atoms with Crippen LogP contribution in [0.2, 0.25) is 0 Å². The highest BCUT2D eigenvalue weighted by Gasteiger charge is 2.12. The van der Waals surface area contributed by atoms with Gasteiger partial charge in [-0.2, -0.15) is 5.10 Å². The van der Waals surface area contributed by atoms with Crippen LogP contribution in [-0.2, 0) is 0 Å². The molecule has 0 bridgehead atoms. The van der Waals surface area contributed by atoms with Gasteiger partial charge in [-0.25, -0.2) is 9.07 Å². The van der Waals surface area contributed by atoms with Gasteiger partial charge in [-0.05, 0) is 73.2 Å². The lowest BCUT2D eigenvalue weighted by molar-refractivity contribution is 0.102. The minimum absolute atomic E-state index is 0.254. The van der Waals surface area contributed by atoms with E-state index in [1.165, 1.54) is 16.8 Å². The standard InChI is InChI=1S/C22H17FN4O2/c1-15-14-17(4-7-21(15)29-19-8-11-24-12-9-19)25-22(28)20-10-13-27(26-20)18-5-2-16(23)3-6-18/h2-14H,1H3,(H,25,28). The largest absolute Gasteiger partial charge is 0.457 e. The fourth-order valence-corrected chi connectivity index (χ4v) is 2.75. The van der Waals surface area contributed by atoms with Crippen LogP contribution in [0.3, 0.4) is 0 Å². The van der Waals surface area contributed by atoms with Crippen molar-refractivity contribution in [1.29, 1.82) is 0 Å². The van der Waals surface area contributed by atoms with Crippen LogP contribution in [0.4, 0.5) is 10.1 Å². The molecule has 4 rings (SSSR count). The molecule has 7 heteroatoms. The molecule has 1 amide bonds. The molecule has 0 atom stereocenters. The number of carbonyl (C=O) groups excluding carboxylic acids is 1. The maximum absolute atomic E-state index is 13.1. The molecule has 0 spiro atoms. The van der Waals surface area contributed by atoms with Gasteiger partial charge >= 0.3 is 0 Å². The number of aryl methyl sites for hydroxylation is 1. The Morgan fingerprint density at radius 1 is 1.03 bits per heavy atom. The molecule has 0 aliphatic heterocycles. The Morgan fingerprint density at radius 3 is 2.52 bits per heavy atom. The number of anilines is 1. The minimum Gasteiger partial charge on any atom is -0.457 e. The highest BCUT2D eigenvalue weighted by atomic mass is 19.1. The van der Waals surface area contributed by atoms with E-state index in [4.69, 9.17) is 4.74 Å². The second-order valence-corrected chi connectivity index (χ2v) is 6.34.